The van der Waals surface area contributed by atoms with Crippen molar-refractivity contribution in [3.05, 3.63) is 64.7 Å². The van der Waals surface area contributed by atoms with E-state index in [1.54, 1.807) is 43.5 Å². The molecule has 0 radical (unpaired) electrons. The molecular formula is C22H23ClN2O3S. The van der Waals surface area contributed by atoms with Crippen LogP contribution in [0.3, 0.4) is 0 Å². The molecule has 2 saturated heterocycles. The van der Waals surface area contributed by atoms with Crippen LogP contribution in [-0.4, -0.2) is 59.0 Å². The molecule has 2 aliphatic rings. The average Bonchev–Trinajstić information content (AvgIpc) is 3.16. The predicted octanol–water partition coefficient (Wildman–Crippen LogP) is 4.17. The van der Waals surface area contributed by atoms with E-state index >= 15 is 0 Å². The van der Waals surface area contributed by atoms with Crippen LogP contribution in [-0.2, 0) is 0 Å². The lowest BCUT2D eigenvalue weighted by molar-refractivity contribution is 0.0498. The summed E-state index contributed by atoms with van der Waals surface area (Å²) in [6.07, 6.45) is 1.54. The number of likely N-dealkylation sites (tertiary alicyclic amines) is 1. The van der Waals surface area contributed by atoms with Gasteiger partial charge >= 0.3 is 0 Å². The maximum Gasteiger partial charge on any atom is 0.255 e. The van der Waals surface area contributed by atoms with Gasteiger partial charge in [0, 0.05) is 41.5 Å². The zero-order valence-electron chi connectivity index (χ0n) is 16.3. The van der Waals surface area contributed by atoms with Gasteiger partial charge in [-0.05, 0) is 55.3 Å². The van der Waals surface area contributed by atoms with E-state index < -0.39 is 0 Å². The van der Waals surface area contributed by atoms with Crippen molar-refractivity contribution in [2.75, 3.05) is 32.5 Å². The Morgan fingerprint density at radius 3 is 2.38 bits per heavy atom. The van der Waals surface area contributed by atoms with Gasteiger partial charge in [0.05, 0.1) is 12.0 Å². The minimum Gasteiger partial charge on any atom is -0.497 e. The van der Waals surface area contributed by atoms with Crippen molar-refractivity contribution in [2.45, 2.75) is 17.7 Å². The maximum atomic E-state index is 13.1. The number of ether oxygens (including phenoxy) is 1. The third-order valence-corrected chi connectivity index (χ3v) is 7.45. The number of benzene rings is 2. The number of carbonyl (C=O) groups is 2. The highest BCUT2D eigenvalue weighted by atomic mass is 35.5. The van der Waals surface area contributed by atoms with Crippen LogP contribution in [0.25, 0.3) is 0 Å². The molecule has 7 heteroatoms. The van der Waals surface area contributed by atoms with Gasteiger partial charge in [-0.1, -0.05) is 17.7 Å². The van der Waals surface area contributed by atoms with E-state index in [9.17, 15) is 9.59 Å². The number of hydrogen-bond donors (Lipinski definition) is 0. The minimum atomic E-state index is -0.240. The Morgan fingerprint density at radius 1 is 1.00 bits per heavy atom. The summed E-state index contributed by atoms with van der Waals surface area (Å²) in [5, 5.41) is 0.566. The first kappa shape index (κ1) is 20.1. The molecule has 0 aromatic heterocycles. The third kappa shape index (κ3) is 3.96. The largest absolute Gasteiger partial charge is 0.497 e. The van der Waals surface area contributed by atoms with Gasteiger partial charge in [0.25, 0.3) is 11.8 Å². The molecule has 2 fully saturated rings. The second-order valence-electron chi connectivity index (χ2n) is 7.28. The molecule has 152 valence electrons. The number of rotatable bonds is 3. The third-order valence-electron chi connectivity index (χ3n) is 5.66. The monoisotopic (exact) mass is 430 g/mol. The zero-order chi connectivity index (χ0) is 20.4. The van der Waals surface area contributed by atoms with Crippen LogP contribution in [0.2, 0.25) is 5.02 Å². The molecule has 0 aliphatic carbocycles. The smallest absolute Gasteiger partial charge is 0.255 e. The second kappa shape index (κ2) is 8.28. The lowest BCUT2D eigenvalue weighted by Gasteiger charge is -2.44. The number of piperidine rings is 1. The highest BCUT2D eigenvalue weighted by Gasteiger charge is 2.47. The van der Waals surface area contributed by atoms with Gasteiger partial charge in [0.2, 0.25) is 0 Å². The van der Waals surface area contributed by atoms with Crippen molar-refractivity contribution in [3.63, 3.8) is 0 Å². The summed E-state index contributed by atoms with van der Waals surface area (Å²) in [6.45, 7) is 2.00. The van der Waals surface area contributed by atoms with Gasteiger partial charge in [-0.15, -0.1) is 11.8 Å². The summed E-state index contributed by atoms with van der Waals surface area (Å²) in [5.74, 6) is 1.70. The number of nitrogens with zero attached hydrogens (tertiary/aromatic N) is 2. The number of amides is 2. The highest BCUT2D eigenvalue weighted by Crippen LogP contribution is 2.44. The first-order chi connectivity index (χ1) is 14.0. The van der Waals surface area contributed by atoms with Crippen molar-refractivity contribution in [1.29, 1.82) is 0 Å². The number of methoxy groups -OCH3 is 1. The quantitative estimate of drug-likeness (QED) is 0.733. The van der Waals surface area contributed by atoms with Crippen LogP contribution in [0.1, 0.15) is 33.6 Å². The molecule has 2 aromatic carbocycles. The van der Waals surface area contributed by atoms with Crippen molar-refractivity contribution in [3.8, 4) is 5.75 Å². The van der Waals surface area contributed by atoms with Crippen LogP contribution >= 0.6 is 23.4 Å². The summed E-state index contributed by atoms with van der Waals surface area (Å²) in [5.41, 5.74) is 1.28. The first-order valence-electron chi connectivity index (χ1n) is 9.67. The Morgan fingerprint density at radius 2 is 1.72 bits per heavy atom. The van der Waals surface area contributed by atoms with Crippen LogP contribution in [0.15, 0.2) is 48.5 Å². The van der Waals surface area contributed by atoms with Crippen LogP contribution in [0.5, 0.6) is 5.75 Å². The van der Waals surface area contributed by atoms with E-state index in [1.165, 1.54) is 0 Å². The molecule has 0 atom stereocenters. The predicted molar refractivity (Wildman–Crippen MR) is 116 cm³/mol. The Kier molecular flexibility index (Phi) is 5.74. The van der Waals surface area contributed by atoms with Crippen LogP contribution < -0.4 is 4.74 Å². The summed E-state index contributed by atoms with van der Waals surface area (Å²) >= 11 is 7.91. The minimum absolute atomic E-state index is 0.0208. The Balaban J connectivity index is 1.45. The van der Waals surface area contributed by atoms with Crippen LogP contribution in [0, 0.1) is 0 Å². The van der Waals surface area contributed by atoms with E-state index in [1.807, 2.05) is 33.7 Å². The lowest BCUT2D eigenvalue weighted by atomic mass is 10.00. The van der Waals surface area contributed by atoms with E-state index in [0.717, 1.165) is 30.9 Å². The SMILES string of the molecule is COc1ccc(C(=O)N2CCC3(CC2)SCCN3C(=O)c2cccc(Cl)c2)cc1. The van der Waals surface area contributed by atoms with Gasteiger partial charge in [0.15, 0.2) is 0 Å². The molecule has 0 N–H and O–H groups in total. The molecule has 0 unspecified atom stereocenters. The molecule has 4 rings (SSSR count). The molecular weight excluding hydrogens is 408 g/mol. The summed E-state index contributed by atoms with van der Waals surface area (Å²) in [6, 6.07) is 14.3. The highest BCUT2D eigenvalue weighted by molar-refractivity contribution is 8.00. The molecule has 2 aromatic rings. The fourth-order valence-electron chi connectivity index (χ4n) is 4.06. The maximum absolute atomic E-state index is 13.1. The Bertz CT molecular complexity index is 911. The molecule has 2 amide bonds. The Hall–Kier alpha value is -2.18. The van der Waals surface area contributed by atoms with Crippen molar-refractivity contribution in [2.24, 2.45) is 0 Å². The molecule has 0 saturated carbocycles. The molecule has 0 bridgehead atoms. The summed E-state index contributed by atoms with van der Waals surface area (Å²) in [7, 11) is 1.61. The van der Waals surface area contributed by atoms with E-state index in [2.05, 4.69) is 0 Å². The van der Waals surface area contributed by atoms with Gasteiger partial charge in [0.1, 0.15) is 5.75 Å². The van der Waals surface area contributed by atoms with Gasteiger partial charge < -0.3 is 14.5 Å². The van der Waals surface area contributed by atoms with Crippen LogP contribution in [0.4, 0.5) is 0 Å². The molecule has 1 spiro atoms. The normalized spacial score (nSPS) is 18.1. The summed E-state index contributed by atoms with van der Waals surface area (Å²) in [4.78, 5) is 29.6. The molecule has 2 aliphatic heterocycles. The number of thioether (sulfide) groups is 1. The van der Waals surface area contributed by atoms with Gasteiger partial charge in [-0.3, -0.25) is 9.59 Å². The summed E-state index contributed by atoms with van der Waals surface area (Å²) < 4.78 is 5.16. The standard InChI is InChI=1S/C22H23ClN2O3S/c1-28-19-7-5-16(6-8-19)20(26)24-11-9-22(10-12-24)25(13-14-29-22)21(27)17-3-2-4-18(23)15-17/h2-8,15H,9-14H2,1H3. The average molecular weight is 431 g/mol. The van der Waals surface area contributed by atoms with Gasteiger partial charge in [-0.25, -0.2) is 0 Å². The zero-order valence-corrected chi connectivity index (χ0v) is 17.8. The van der Waals surface area contributed by atoms with E-state index in [0.29, 0.717) is 29.2 Å². The number of carbonyl (C=O) groups excluding carboxylic acids is 2. The Labute approximate surface area is 180 Å². The van der Waals surface area contributed by atoms with E-state index in [-0.39, 0.29) is 16.7 Å². The fraction of sp³-hybridized carbons (Fsp3) is 0.364. The van der Waals surface area contributed by atoms with Crippen molar-refractivity contribution in [1.82, 2.24) is 9.80 Å². The lowest BCUT2D eigenvalue weighted by Crippen LogP contribution is -2.53. The number of hydrogen-bond acceptors (Lipinski definition) is 4. The fourth-order valence-corrected chi connectivity index (χ4v) is 5.71. The molecule has 29 heavy (non-hydrogen) atoms. The first-order valence-corrected chi connectivity index (χ1v) is 11.0. The topological polar surface area (TPSA) is 49.9 Å². The van der Waals surface area contributed by atoms with Crippen molar-refractivity contribution < 1.29 is 14.3 Å². The van der Waals surface area contributed by atoms with Crippen molar-refractivity contribution >= 4 is 35.2 Å². The molecule has 5 nitrogen and oxygen atoms in total. The van der Waals surface area contributed by atoms with Gasteiger partial charge in [-0.2, -0.15) is 0 Å². The number of halogens is 1. The van der Waals surface area contributed by atoms with E-state index in [4.69, 9.17) is 16.3 Å². The molecule has 2 heterocycles. The second-order valence-corrected chi connectivity index (χ2v) is 9.18.